The third kappa shape index (κ3) is 3.69. The Morgan fingerprint density at radius 3 is 2.50 bits per heavy atom. The van der Waals surface area contributed by atoms with Gasteiger partial charge in [-0.25, -0.2) is 0 Å². The zero-order valence-corrected chi connectivity index (χ0v) is 16.9. The first-order valence-electron chi connectivity index (χ1n) is 8.99. The molecule has 0 spiro atoms. The highest BCUT2D eigenvalue weighted by molar-refractivity contribution is 9.10. The third-order valence-corrected chi connectivity index (χ3v) is 5.32. The molecule has 0 bridgehead atoms. The van der Waals surface area contributed by atoms with Crippen LogP contribution in [0.3, 0.4) is 0 Å². The van der Waals surface area contributed by atoms with Gasteiger partial charge in [0.15, 0.2) is 11.5 Å². The van der Waals surface area contributed by atoms with E-state index in [1.807, 2.05) is 19.1 Å². The second kappa shape index (κ2) is 8.37. The minimum absolute atomic E-state index is 0.0313. The molecule has 0 atom stereocenters. The Hall–Kier alpha value is -2.97. The van der Waals surface area contributed by atoms with Crippen molar-refractivity contribution < 1.29 is 9.47 Å². The fraction of sp³-hybridized carbons (Fsp3) is 0.350. The van der Waals surface area contributed by atoms with E-state index in [0.29, 0.717) is 28.1 Å². The van der Waals surface area contributed by atoms with Gasteiger partial charge in [0.2, 0.25) is 0 Å². The van der Waals surface area contributed by atoms with Crippen LogP contribution in [0.25, 0.3) is 11.1 Å². The minimum atomic E-state index is -0.648. The van der Waals surface area contributed by atoms with Crippen LogP contribution < -0.4 is 20.8 Å². The van der Waals surface area contributed by atoms with Crippen molar-refractivity contribution in [1.29, 1.82) is 10.5 Å². The number of hydrogen-bond donors (Lipinski definition) is 2. The fourth-order valence-corrected chi connectivity index (χ4v) is 3.91. The van der Waals surface area contributed by atoms with Gasteiger partial charge in [-0.15, -0.1) is 0 Å². The molecular formula is C20H19BrN4O3. The van der Waals surface area contributed by atoms with Crippen molar-refractivity contribution in [3.63, 3.8) is 0 Å². The van der Waals surface area contributed by atoms with Crippen molar-refractivity contribution in [1.82, 2.24) is 4.98 Å². The normalized spacial score (nSPS) is 13.7. The maximum Gasteiger partial charge on any atom is 0.268 e. The molecule has 0 aliphatic heterocycles. The van der Waals surface area contributed by atoms with Crippen LogP contribution in [-0.4, -0.2) is 17.7 Å². The minimum Gasteiger partial charge on any atom is -0.490 e. The molecule has 3 N–H and O–H groups in total. The van der Waals surface area contributed by atoms with Crippen molar-refractivity contribution in [3.8, 4) is 34.8 Å². The van der Waals surface area contributed by atoms with Crippen LogP contribution in [0.4, 0.5) is 5.82 Å². The number of nitrogen functional groups attached to an aromatic ring is 1. The number of nitriles is 2. The van der Waals surface area contributed by atoms with Gasteiger partial charge in [0.1, 0.15) is 29.1 Å². The van der Waals surface area contributed by atoms with Crippen LogP contribution in [-0.2, 0) is 0 Å². The van der Waals surface area contributed by atoms with Gasteiger partial charge in [0.25, 0.3) is 5.56 Å². The molecule has 0 unspecified atom stereocenters. The lowest BCUT2D eigenvalue weighted by molar-refractivity contribution is 0.196. The molecule has 1 aliphatic rings. The van der Waals surface area contributed by atoms with Crippen LogP contribution in [0.2, 0.25) is 0 Å². The number of pyridine rings is 1. The molecule has 2 aromatic rings. The molecule has 8 heteroatoms. The number of halogens is 1. The van der Waals surface area contributed by atoms with Gasteiger partial charge in [-0.05, 0) is 44.7 Å². The molecular weight excluding hydrogens is 424 g/mol. The quantitative estimate of drug-likeness (QED) is 0.723. The topological polar surface area (TPSA) is 125 Å². The summed E-state index contributed by atoms with van der Waals surface area (Å²) in [7, 11) is 0. The van der Waals surface area contributed by atoms with Crippen LogP contribution >= 0.6 is 15.9 Å². The van der Waals surface area contributed by atoms with E-state index in [0.717, 1.165) is 25.7 Å². The summed E-state index contributed by atoms with van der Waals surface area (Å²) in [5.41, 5.74) is 5.66. The highest BCUT2D eigenvalue weighted by Crippen LogP contribution is 2.42. The molecule has 1 aromatic carbocycles. The molecule has 3 rings (SSSR count). The summed E-state index contributed by atoms with van der Waals surface area (Å²) in [4.78, 5) is 14.6. The van der Waals surface area contributed by atoms with E-state index in [-0.39, 0.29) is 28.6 Å². The predicted octanol–water partition coefficient (Wildman–Crippen LogP) is 3.85. The molecule has 28 heavy (non-hydrogen) atoms. The van der Waals surface area contributed by atoms with Gasteiger partial charge >= 0.3 is 0 Å². The third-order valence-electron chi connectivity index (χ3n) is 4.67. The average molecular weight is 443 g/mol. The molecule has 7 nitrogen and oxygen atoms in total. The Labute approximate surface area is 170 Å². The largest absolute Gasteiger partial charge is 0.490 e. The maximum absolute atomic E-state index is 12.2. The second-order valence-electron chi connectivity index (χ2n) is 6.45. The summed E-state index contributed by atoms with van der Waals surface area (Å²) in [6.07, 6.45) is 4.39. The smallest absolute Gasteiger partial charge is 0.268 e. The summed E-state index contributed by atoms with van der Waals surface area (Å²) in [6.45, 7) is 2.27. The zero-order chi connectivity index (χ0) is 20.3. The predicted molar refractivity (Wildman–Crippen MR) is 108 cm³/mol. The number of nitrogens with zero attached hydrogens (tertiary/aromatic N) is 2. The lowest BCUT2D eigenvalue weighted by Gasteiger charge is -2.19. The first-order chi connectivity index (χ1) is 13.5. The van der Waals surface area contributed by atoms with E-state index >= 15 is 0 Å². The molecule has 1 aliphatic carbocycles. The summed E-state index contributed by atoms with van der Waals surface area (Å²) in [5.74, 6) is 0.982. The highest BCUT2D eigenvalue weighted by Gasteiger charge is 2.24. The van der Waals surface area contributed by atoms with Gasteiger partial charge in [0, 0.05) is 15.6 Å². The van der Waals surface area contributed by atoms with Gasteiger partial charge in [-0.3, -0.25) is 4.79 Å². The van der Waals surface area contributed by atoms with Crippen molar-refractivity contribution in [3.05, 3.63) is 38.1 Å². The van der Waals surface area contributed by atoms with E-state index < -0.39 is 5.56 Å². The van der Waals surface area contributed by atoms with Gasteiger partial charge < -0.3 is 20.2 Å². The van der Waals surface area contributed by atoms with E-state index in [9.17, 15) is 15.3 Å². The van der Waals surface area contributed by atoms with E-state index in [1.54, 1.807) is 12.1 Å². The Balaban J connectivity index is 2.21. The number of nitrogens with two attached hydrogens (primary N) is 1. The van der Waals surface area contributed by atoms with Gasteiger partial charge in [-0.2, -0.15) is 10.5 Å². The van der Waals surface area contributed by atoms with Gasteiger partial charge in [-0.1, -0.05) is 15.9 Å². The number of aromatic amines is 1. The molecule has 1 heterocycles. The van der Waals surface area contributed by atoms with Gasteiger partial charge in [0.05, 0.1) is 12.7 Å². The molecule has 1 saturated carbocycles. The Morgan fingerprint density at radius 1 is 1.21 bits per heavy atom. The van der Waals surface area contributed by atoms with E-state index in [2.05, 4.69) is 20.9 Å². The van der Waals surface area contributed by atoms with Crippen molar-refractivity contribution >= 4 is 21.7 Å². The lowest BCUT2D eigenvalue weighted by atomic mass is 9.96. The summed E-state index contributed by atoms with van der Waals surface area (Å²) in [6, 6.07) is 7.27. The molecule has 0 amide bonds. The standard InChI is InChI=1S/C20H19BrN4O3/c1-2-27-16-7-12(15(21)8-17(16)28-11-5-3-4-6-11)18-13(9-22)19(24)25-20(26)14(18)10-23/h7-8,11H,2-6H2,1H3,(H3,24,25,26). The van der Waals surface area contributed by atoms with Crippen LogP contribution in [0, 0.1) is 22.7 Å². The molecule has 0 saturated heterocycles. The Kier molecular flexibility index (Phi) is 5.91. The summed E-state index contributed by atoms with van der Waals surface area (Å²) < 4.78 is 12.4. The number of H-pyrrole nitrogens is 1. The monoisotopic (exact) mass is 442 g/mol. The van der Waals surface area contributed by atoms with E-state index in [4.69, 9.17) is 15.2 Å². The Morgan fingerprint density at radius 2 is 1.89 bits per heavy atom. The summed E-state index contributed by atoms with van der Waals surface area (Å²) in [5, 5.41) is 19.0. The van der Waals surface area contributed by atoms with Crippen LogP contribution in [0.15, 0.2) is 21.4 Å². The summed E-state index contributed by atoms with van der Waals surface area (Å²) >= 11 is 3.49. The first kappa shape index (κ1) is 19.8. The zero-order valence-electron chi connectivity index (χ0n) is 15.3. The second-order valence-corrected chi connectivity index (χ2v) is 7.31. The van der Waals surface area contributed by atoms with Crippen LogP contribution in [0.1, 0.15) is 43.7 Å². The van der Waals surface area contributed by atoms with Crippen molar-refractivity contribution in [2.45, 2.75) is 38.7 Å². The lowest BCUT2D eigenvalue weighted by Crippen LogP contribution is -2.16. The molecule has 144 valence electrons. The number of aromatic nitrogens is 1. The average Bonchev–Trinajstić information content (AvgIpc) is 3.16. The maximum atomic E-state index is 12.2. The number of rotatable bonds is 5. The molecule has 1 aromatic heterocycles. The number of hydrogen-bond acceptors (Lipinski definition) is 6. The van der Waals surface area contributed by atoms with E-state index in [1.165, 1.54) is 0 Å². The fourth-order valence-electron chi connectivity index (χ4n) is 3.39. The van der Waals surface area contributed by atoms with Crippen molar-refractivity contribution in [2.75, 3.05) is 12.3 Å². The number of anilines is 1. The van der Waals surface area contributed by atoms with Crippen LogP contribution in [0.5, 0.6) is 11.5 Å². The van der Waals surface area contributed by atoms with Crippen molar-refractivity contribution in [2.24, 2.45) is 0 Å². The number of benzene rings is 1. The SMILES string of the molecule is CCOc1cc(-c2c(C#N)c(N)[nH]c(=O)c2C#N)c(Br)cc1OC1CCCC1. The highest BCUT2D eigenvalue weighted by atomic mass is 79.9. The number of nitrogens with one attached hydrogen (secondary N) is 1. The molecule has 1 fully saturated rings. The molecule has 0 radical (unpaired) electrons. The number of ether oxygens (including phenoxy) is 2. The Bertz CT molecular complexity index is 1040. The first-order valence-corrected chi connectivity index (χ1v) is 9.78.